The van der Waals surface area contributed by atoms with Gasteiger partial charge in [0.05, 0.1) is 33.4 Å². The Hall–Kier alpha value is -3.65. The zero-order valence-electron chi connectivity index (χ0n) is 22.5. The summed E-state index contributed by atoms with van der Waals surface area (Å²) in [6.07, 6.45) is 6.20. The fraction of sp³-hybridized carbons (Fsp3) is 0.333. The Kier molecular flexibility index (Phi) is 7.79. The van der Waals surface area contributed by atoms with E-state index in [4.69, 9.17) is 15.1 Å². The molecule has 0 aliphatic heterocycles. The molecule has 0 spiro atoms. The Morgan fingerprint density at radius 1 is 0.842 bits per heavy atom. The van der Waals surface area contributed by atoms with E-state index in [2.05, 4.69) is 18.7 Å². The molecule has 196 valence electrons. The summed E-state index contributed by atoms with van der Waals surface area (Å²) in [6.45, 7) is 7.96. The molecule has 7 nitrogen and oxygen atoms in total. The summed E-state index contributed by atoms with van der Waals surface area (Å²) in [5, 5.41) is 7.08. The quantitative estimate of drug-likeness (QED) is 0.192. The molecule has 0 bridgehead atoms. The number of nitrogens with zero attached hydrogens (tertiary/aromatic N) is 6. The fourth-order valence-electron chi connectivity index (χ4n) is 4.86. The molecule has 0 saturated carbocycles. The second kappa shape index (κ2) is 11.4. The van der Waals surface area contributed by atoms with Crippen LogP contribution in [0.5, 0.6) is 0 Å². The van der Waals surface area contributed by atoms with E-state index >= 15 is 0 Å². The zero-order chi connectivity index (χ0) is 26.6. The van der Waals surface area contributed by atoms with Crippen molar-refractivity contribution < 1.29 is 0 Å². The number of benzene rings is 2. The van der Waals surface area contributed by atoms with Crippen LogP contribution in [-0.4, -0.2) is 43.7 Å². The van der Waals surface area contributed by atoms with E-state index in [1.165, 1.54) is 0 Å². The van der Waals surface area contributed by atoms with Crippen molar-refractivity contribution in [1.82, 2.24) is 24.3 Å². The molecule has 38 heavy (non-hydrogen) atoms. The SMILES string of the molecule is CCCCN(CCCC)c1nc2c(c(C)nc3c2c(SC)nn3-c2ccccc2)c(=O)n1-c1ccccc1. The van der Waals surface area contributed by atoms with Gasteiger partial charge >= 0.3 is 0 Å². The average molecular weight is 527 g/mol. The van der Waals surface area contributed by atoms with Gasteiger partial charge in [-0.25, -0.2) is 19.2 Å². The molecule has 0 radical (unpaired) electrons. The maximum atomic E-state index is 14.4. The van der Waals surface area contributed by atoms with Gasteiger partial charge in [-0.15, -0.1) is 11.8 Å². The van der Waals surface area contributed by atoms with Crippen molar-refractivity contribution in [3.63, 3.8) is 0 Å². The van der Waals surface area contributed by atoms with Crippen LogP contribution in [0.3, 0.4) is 0 Å². The minimum atomic E-state index is -0.0967. The van der Waals surface area contributed by atoms with Crippen LogP contribution in [0.2, 0.25) is 0 Å². The number of rotatable bonds is 10. The lowest BCUT2D eigenvalue weighted by Gasteiger charge is -2.27. The number of hydrogen-bond acceptors (Lipinski definition) is 6. The van der Waals surface area contributed by atoms with Crippen molar-refractivity contribution in [1.29, 1.82) is 0 Å². The van der Waals surface area contributed by atoms with Crippen LogP contribution >= 0.6 is 11.8 Å². The highest BCUT2D eigenvalue weighted by Crippen LogP contribution is 2.34. The lowest BCUT2D eigenvalue weighted by atomic mass is 10.1. The largest absolute Gasteiger partial charge is 0.342 e. The van der Waals surface area contributed by atoms with E-state index in [9.17, 15) is 4.79 Å². The monoisotopic (exact) mass is 526 g/mol. The molecule has 0 amide bonds. The number of anilines is 1. The van der Waals surface area contributed by atoms with Gasteiger partial charge in [-0.3, -0.25) is 4.79 Å². The minimum absolute atomic E-state index is 0.0967. The highest BCUT2D eigenvalue weighted by atomic mass is 32.2. The summed E-state index contributed by atoms with van der Waals surface area (Å²) in [7, 11) is 0. The van der Waals surface area contributed by atoms with E-state index < -0.39 is 0 Å². The first-order valence-corrected chi connectivity index (χ1v) is 14.6. The average Bonchev–Trinajstić information content (AvgIpc) is 3.32. The standard InChI is InChI=1S/C30H34N6OS/c1-5-7-19-34(20-8-6-2)30-32-26-24(29(37)35(30)22-15-11-9-12-16-22)21(3)31-27-25(26)28(38-4)33-36(27)23-17-13-10-14-18-23/h9-18H,5-8,19-20H2,1-4H3. The van der Waals surface area contributed by atoms with Crippen LogP contribution in [-0.2, 0) is 0 Å². The molecule has 5 aromatic rings. The summed E-state index contributed by atoms with van der Waals surface area (Å²) in [4.78, 5) is 26.9. The number of unbranched alkanes of at least 4 members (excludes halogenated alkanes) is 2. The van der Waals surface area contributed by atoms with E-state index in [1.54, 1.807) is 16.3 Å². The molecule has 2 aromatic carbocycles. The van der Waals surface area contributed by atoms with Gasteiger partial charge in [0.25, 0.3) is 5.56 Å². The second-order valence-corrected chi connectivity index (χ2v) is 10.3. The number of aromatic nitrogens is 5. The molecule has 0 aliphatic carbocycles. The van der Waals surface area contributed by atoms with Crippen LogP contribution in [0.15, 0.2) is 70.5 Å². The molecule has 3 aromatic heterocycles. The Bertz CT molecular complexity index is 1600. The summed E-state index contributed by atoms with van der Waals surface area (Å²) in [6, 6.07) is 19.8. The van der Waals surface area contributed by atoms with Gasteiger partial charge in [-0.05, 0) is 50.3 Å². The Morgan fingerprint density at radius 2 is 1.45 bits per heavy atom. The summed E-state index contributed by atoms with van der Waals surface area (Å²) >= 11 is 1.55. The molecular weight excluding hydrogens is 492 g/mol. The third-order valence-electron chi connectivity index (χ3n) is 6.82. The van der Waals surface area contributed by atoms with Crippen molar-refractivity contribution in [2.24, 2.45) is 0 Å². The maximum absolute atomic E-state index is 14.4. The van der Waals surface area contributed by atoms with Gasteiger partial charge in [0.1, 0.15) is 5.03 Å². The first-order valence-electron chi connectivity index (χ1n) is 13.3. The third-order valence-corrected chi connectivity index (χ3v) is 7.49. The number of pyridine rings is 1. The first-order chi connectivity index (χ1) is 18.6. The first kappa shape index (κ1) is 26.0. The molecule has 0 saturated heterocycles. The minimum Gasteiger partial charge on any atom is -0.342 e. The molecule has 0 aliphatic rings. The molecule has 5 rings (SSSR count). The van der Waals surface area contributed by atoms with Crippen LogP contribution in [0, 0.1) is 6.92 Å². The van der Waals surface area contributed by atoms with Crippen LogP contribution < -0.4 is 10.5 Å². The topological polar surface area (TPSA) is 68.8 Å². The predicted molar refractivity (Wildman–Crippen MR) is 158 cm³/mol. The molecule has 0 fully saturated rings. The smallest absolute Gasteiger partial charge is 0.269 e. The molecular formula is C30H34N6OS. The van der Waals surface area contributed by atoms with Crippen LogP contribution in [0.1, 0.15) is 45.2 Å². The van der Waals surface area contributed by atoms with Crippen LogP contribution in [0.4, 0.5) is 5.95 Å². The van der Waals surface area contributed by atoms with E-state index in [-0.39, 0.29) is 5.56 Å². The normalized spacial score (nSPS) is 11.5. The summed E-state index contributed by atoms with van der Waals surface area (Å²) in [5.41, 5.74) is 3.68. The highest BCUT2D eigenvalue weighted by molar-refractivity contribution is 7.98. The van der Waals surface area contributed by atoms with E-state index in [1.807, 2.05) is 78.5 Å². The molecule has 3 heterocycles. The van der Waals surface area contributed by atoms with Gasteiger partial charge in [-0.1, -0.05) is 63.1 Å². The van der Waals surface area contributed by atoms with Crippen molar-refractivity contribution >= 4 is 39.6 Å². The number of para-hydroxylation sites is 2. The van der Waals surface area contributed by atoms with Gasteiger partial charge < -0.3 is 4.90 Å². The fourth-order valence-corrected chi connectivity index (χ4v) is 5.41. The van der Waals surface area contributed by atoms with E-state index in [0.29, 0.717) is 22.5 Å². The zero-order valence-corrected chi connectivity index (χ0v) is 23.3. The third kappa shape index (κ3) is 4.69. The number of thioether (sulfide) groups is 1. The molecule has 0 atom stereocenters. The summed E-state index contributed by atoms with van der Waals surface area (Å²) in [5.74, 6) is 0.682. The van der Waals surface area contributed by atoms with Gasteiger partial charge in [0.15, 0.2) is 5.65 Å². The maximum Gasteiger partial charge on any atom is 0.269 e. The van der Waals surface area contributed by atoms with Crippen molar-refractivity contribution in [3.8, 4) is 11.4 Å². The summed E-state index contributed by atoms with van der Waals surface area (Å²) < 4.78 is 3.64. The Labute approximate surface area is 227 Å². The lowest BCUT2D eigenvalue weighted by Crippen LogP contribution is -2.34. The Balaban J connectivity index is 1.89. The van der Waals surface area contributed by atoms with Gasteiger partial charge in [-0.2, -0.15) is 5.10 Å². The lowest BCUT2D eigenvalue weighted by molar-refractivity contribution is 0.654. The van der Waals surface area contributed by atoms with Crippen molar-refractivity contribution in [3.05, 3.63) is 76.7 Å². The van der Waals surface area contributed by atoms with E-state index in [0.717, 1.165) is 66.2 Å². The number of aryl methyl sites for hydroxylation is 1. The van der Waals surface area contributed by atoms with Crippen molar-refractivity contribution in [2.75, 3.05) is 24.2 Å². The Morgan fingerprint density at radius 3 is 2.03 bits per heavy atom. The predicted octanol–water partition coefficient (Wildman–Crippen LogP) is 6.56. The second-order valence-electron chi connectivity index (χ2n) is 9.46. The highest BCUT2D eigenvalue weighted by Gasteiger charge is 2.25. The number of fused-ring (bicyclic) bond motifs is 3. The van der Waals surface area contributed by atoms with Gasteiger partial charge in [0.2, 0.25) is 5.95 Å². The van der Waals surface area contributed by atoms with Crippen LogP contribution in [0.25, 0.3) is 33.3 Å². The molecule has 0 unspecified atom stereocenters. The van der Waals surface area contributed by atoms with Gasteiger partial charge in [0, 0.05) is 13.1 Å². The molecule has 0 N–H and O–H groups in total. The van der Waals surface area contributed by atoms with Crippen molar-refractivity contribution in [2.45, 2.75) is 51.5 Å². The molecule has 8 heteroatoms. The number of hydrogen-bond donors (Lipinski definition) is 0.